The van der Waals surface area contributed by atoms with E-state index in [1.54, 1.807) is 14.2 Å². The largest absolute Gasteiger partial charge is 0.496 e. The van der Waals surface area contributed by atoms with Gasteiger partial charge in [-0.2, -0.15) is 0 Å². The molecule has 0 bridgehead atoms. The Balaban J connectivity index is 2.24. The highest BCUT2D eigenvalue weighted by atomic mass is 16.5. The number of ketones is 1. The number of hydrogen-bond donors (Lipinski definition) is 1. The molecule has 0 aliphatic carbocycles. The van der Waals surface area contributed by atoms with E-state index in [2.05, 4.69) is 59.5 Å². The molecule has 1 saturated heterocycles. The highest BCUT2D eigenvalue weighted by Crippen LogP contribution is 2.41. The molecule has 0 atom stereocenters. The summed E-state index contributed by atoms with van der Waals surface area (Å²) in [5.74, 6) is 2.15. The van der Waals surface area contributed by atoms with Crippen molar-refractivity contribution in [2.45, 2.75) is 118 Å². The Morgan fingerprint density at radius 3 is 2.29 bits per heavy atom. The van der Waals surface area contributed by atoms with Gasteiger partial charge in [0, 0.05) is 55.5 Å². The van der Waals surface area contributed by atoms with Crippen LogP contribution in [0.5, 0.6) is 5.75 Å². The molecule has 1 aliphatic heterocycles. The van der Waals surface area contributed by atoms with Crippen LogP contribution in [-0.2, 0) is 14.9 Å². The van der Waals surface area contributed by atoms with Crippen LogP contribution in [0.4, 0.5) is 0 Å². The summed E-state index contributed by atoms with van der Waals surface area (Å²) in [5.41, 5.74) is 5.30. The monoisotopic (exact) mass is 580 g/mol. The van der Waals surface area contributed by atoms with Crippen molar-refractivity contribution in [3.8, 4) is 5.75 Å². The number of rotatable bonds is 14. The Labute approximate surface area is 255 Å². The van der Waals surface area contributed by atoms with E-state index in [-0.39, 0.29) is 23.2 Å². The lowest BCUT2D eigenvalue weighted by molar-refractivity contribution is 0.0847. The first-order chi connectivity index (χ1) is 19.9. The van der Waals surface area contributed by atoms with Gasteiger partial charge in [-0.25, -0.2) is 0 Å². The van der Waals surface area contributed by atoms with Gasteiger partial charge in [-0.3, -0.25) is 9.79 Å². The van der Waals surface area contributed by atoms with Crippen molar-refractivity contribution >= 4 is 17.4 Å². The molecular weight excluding hydrogens is 524 g/mol. The third-order valence-corrected chi connectivity index (χ3v) is 8.20. The Hall–Kier alpha value is -2.73. The summed E-state index contributed by atoms with van der Waals surface area (Å²) >= 11 is 0. The standard InChI is InChI=1S/C36H56N2O4/c1-11-25(20-28(37)23-30(24(4)5)35(38-9)42-29(12-2)13-3)14-15-33(39)27-21-31(26-16-18-41-19-17-26)34(40-10)32(22-27)36(6,7)8/h11,21-24,26,29,37H,12-20H2,1-10H3/b25-11+,30-23-,37-28?,38-35?. The lowest BCUT2D eigenvalue weighted by Crippen LogP contribution is -2.21. The lowest BCUT2D eigenvalue weighted by Gasteiger charge is -2.29. The smallest absolute Gasteiger partial charge is 0.212 e. The summed E-state index contributed by atoms with van der Waals surface area (Å²) in [6, 6.07) is 4.09. The summed E-state index contributed by atoms with van der Waals surface area (Å²) in [5, 5.41) is 8.78. The molecule has 1 aromatic rings. The average molecular weight is 581 g/mol. The maximum atomic E-state index is 13.6. The number of carbonyl (C=O) groups excluding carboxylic acids is 1. The summed E-state index contributed by atoms with van der Waals surface area (Å²) in [7, 11) is 3.48. The average Bonchev–Trinajstić information content (AvgIpc) is 2.97. The zero-order chi connectivity index (χ0) is 31.4. The molecule has 0 unspecified atom stereocenters. The predicted molar refractivity (Wildman–Crippen MR) is 176 cm³/mol. The molecule has 0 radical (unpaired) electrons. The van der Waals surface area contributed by atoms with E-state index >= 15 is 0 Å². The van der Waals surface area contributed by atoms with Gasteiger partial charge in [0.15, 0.2) is 5.78 Å². The Morgan fingerprint density at radius 1 is 1.14 bits per heavy atom. The van der Waals surface area contributed by atoms with E-state index in [0.29, 0.717) is 36.8 Å². The number of allylic oxidation sites excluding steroid dienone is 3. The van der Waals surface area contributed by atoms with Gasteiger partial charge >= 0.3 is 0 Å². The minimum Gasteiger partial charge on any atom is -0.496 e. The van der Waals surface area contributed by atoms with Crippen LogP contribution in [0.15, 0.2) is 40.4 Å². The number of aliphatic imine (C=N–C) groups is 1. The van der Waals surface area contributed by atoms with Crippen molar-refractivity contribution in [3.05, 3.63) is 52.1 Å². The number of benzene rings is 1. The van der Waals surface area contributed by atoms with Crippen LogP contribution in [-0.4, -0.2) is 50.9 Å². The first kappa shape index (κ1) is 35.5. The molecule has 1 N–H and O–H groups in total. The van der Waals surface area contributed by atoms with Crippen LogP contribution < -0.4 is 4.74 Å². The maximum Gasteiger partial charge on any atom is 0.212 e. The summed E-state index contributed by atoms with van der Waals surface area (Å²) in [6.45, 7) is 18.4. The van der Waals surface area contributed by atoms with Crippen molar-refractivity contribution in [1.82, 2.24) is 0 Å². The molecule has 2 rings (SSSR count). The molecule has 1 heterocycles. The lowest BCUT2D eigenvalue weighted by atomic mass is 9.79. The van der Waals surface area contributed by atoms with Crippen LogP contribution in [0.3, 0.4) is 0 Å². The number of carbonyl (C=O) groups is 1. The number of ether oxygens (including phenoxy) is 3. The fraction of sp³-hybridized carbons (Fsp3) is 0.639. The van der Waals surface area contributed by atoms with Crippen LogP contribution in [0.2, 0.25) is 0 Å². The van der Waals surface area contributed by atoms with E-state index in [1.807, 2.05) is 25.1 Å². The van der Waals surface area contributed by atoms with Crippen LogP contribution in [0, 0.1) is 11.3 Å². The minimum atomic E-state index is -0.162. The fourth-order valence-electron chi connectivity index (χ4n) is 5.48. The van der Waals surface area contributed by atoms with E-state index in [0.717, 1.165) is 72.5 Å². The first-order valence-corrected chi connectivity index (χ1v) is 15.8. The third kappa shape index (κ3) is 9.93. The number of hydrogen-bond acceptors (Lipinski definition) is 6. The molecule has 0 spiro atoms. The molecule has 0 saturated carbocycles. The summed E-state index contributed by atoms with van der Waals surface area (Å²) < 4.78 is 17.8. The quantitative estimate of drug-likeness (QED) is 0.103. The Kier molecular flexibility index (Phi) is 14.2. The third-order valence-electron chi connectivity index (χ3n) is 8.20. The van der Waals surface area contributed by atoms with Crippen LogP contribution in [0.1, 0.15) is 128 Å². The van der Waals surface area contributed by atoms with Crippen molar-refractivity contribution in [1.29, 1.82) is 5.41 Å². The summed E-state index contributed by atoms with van der Waals surface area (Å²) in [4.78, 5) is 18.1. The second-order valence-electron chi connectivity index (χ2n) is 12.7. The zero-order valence-electron chi connectivity index (χ0n) is 28.0. The van der Waals surface area contributed by atoms with Gasteiger partial charge in [0.2, 0.25) is 5.90 Å². The maximum absolute atomic E-state index is 13.6. The van der Waals surface area contributed by atoms with E-state index in [1.165, 1.54) is 0 Å². The normalized spacial score (nSPS) is 15.9. The minimum absolute atomic E-state index is 0.112. The molecule has 1 fully saturated rings. The van der Waals surface area contributed by atoms with Gasteiger partial charge < -0.3 is 19.6 Å². The predicted octanol–water partition coefficient (Wildman–Crippen LogP) is 9.02. The van der Waals surface area contributed by atoms with E-state index in [4.69, 9.17) is 19.6 Å². The molecule has 6 nitrogen and oxygen atoms in total. The highest BCUT2D eigenvalue weighted by Gasteiger charge is 2.28. The molecule has 1 aliphatic rings. The van der Waals surface area contributed by atoms with Gasteiger partial charge in [-0.05, 0) is 80.1 Å². The first-order valence-electron chi connectivity index (χ1n) is 15.8. The number of Topliss-reactive ketones (excluding diaryl/α,β-unsaturated/α-hetero) is 1. The van der Waals surface area contributed by atoms with Gasteiger partial charge in [-0.15, -0.1) is 0 Å². The van der Waals surface area contributed by atoms with Crippen molar-refractivity contribution in [3.63, 3.8) is 0 Å². The SMILES string of the molecule is C/C=C(\CCC(=O)c1cc(C2CCOCC2)c(OC)c(C(C)(C)C)c1)CC(=N)/C=C(\C(=NC)OC(CC)CC)C(C)C. The van der Waals surface area contributed by atoms with Gasteiger partial charge in [-0.1, -0.05) is 60.1 Å². The molecule has 234 valence electrons. The Morgan fingerprint density at radius 2 is 1.79 bits per heavy atom. The zero-order valence-corrected chi connectivity index (χ0v) is 28.0. The number of nitrogens with zero attached hydrogens (tertiary/aromatic N) is 1. The second kappa shape index (κ2) is 16.8. The van der Waals surface area contributed by atoms with Crippen molar-refractivity contribution < 1.29 is 19.0 Å². The number of nitrogens with one attached hydrogen (secondary N) is 1. The molecular formula is C36H56N2O4. The molecule has 0 amide bonds. The molecule has 6 heteroatoms. The van der Waals surface area contributed by atoms with Crippen LogP contribution in [0.25, 0.3) is 0 Å². The second-order valence-corrected chi connectivity index (χ2v) is 12.7. The van der Waals surface area contributed by atoms with Gasteiger partial charge in [0.1, 0.15) is 5.75 Å². The van der Waals surface area contributed by atoms with Gasteiger partial charge in [0.25, 0.3) is 0 Å². The molecule has 42 heavy (non-hydrogen) atoms. The van der Waals surface area contributed by atoms with E-state index < -0.39 is 0 Å². The Bertz CT molecular complexity index is 1140. The topological polar surface area (TPSA) is 81.0 Å². The van der Waals surface area contributed by atoms with E-state index in [9.17, 15) is 4.79 Å². The number of methoxy groups -OCH3 is 1. The van der Waals surface area contributed by atoms with Crippen LogP contribution >= 0.6 is 0 Å². The molecule has 0 aromatic heterocycles. The van der Waals surface area contributed by atoms with Gasteiger partial charge in [0.05, 0.1) is 13.2 Å². The van der Waals surface area contributed by atoms with Crippen molar-refractivity contribution in [2.75, 3.05) is 27.4 Å². The molecule has 1 aromatic carbocycles. The fourth-order valence-corrected chi connectivity index (χ4v) is 5.48. The van der Waals surface area contributed by atoms with Crippen molar-refractivity contribution in [2.24, 2.45) is 10.9 Å². The highest BCUT2D eigenvalue weighted by molar-refractivity contribution is 6.04. The summed E-state index contributed by atoms with van der Waals surface area (Å²) in [6.07, 6.45) is 9.26.